The van der Waals surface area contributed by atoms with Crippen LogP contribution < -0.4 is 0 Å². The van der Waals surface area contributed by atoms with E-state index in [1.54, 1.807) is 0 Å². The second-order valence-corrected chi connectivity index (χ2v) is 4.94. The van der Waals surface area contributed by atoms with Crippen LogP contribution in [0.5, 0.6) is 0 Å². The van der Waals surface area contributed by atoms with Crippen LogP contribution in [0.1, 0.15) is 32.0 Å². The van der Waals surface area contributed by atoms with Gasteiger partial charge in [-0.3, -0.25) is 9.69 Å². The van der Waals surface area contributed by atoms with Crippen molar-refractivity contribution in [3.8, 4) is 0 Å². The zero-order chi connectivity index (χ0) is 12.4. The number of carboxylic acid groups (broad SMARTS) is 1. The predicted octanol–water partition coefficient (Wildman–Crippen LogP) is 1.37. The van der Waals surface area contributed by atoms with E-state index in [1.165, 1.54) is 0 Å². The Bertz CT molecular complexity index is 400. The molecule has 0 spiro atoms. The first kappa shape index (κ1) is 12.1. The zero-order valence-corrected chi connectivity index (χ0v) is 10.3. The van der Waals surface area contributed by atoms with Gasteiger partial charge in [-0.2, -0.15) is 0 Å². The van der Waals surface area contributed by atoms with Gasteiger partial charge in [-0.1, -0.05) is 0 Å². The number of rotatable bonds is 4. The van der Waals surface area contributed by atoms with Gasteiger partial charge in [0.05, 0.1) is 17.9 Å². The van der Waals surface area contributed by atoms with Crippen LogP contribution in [0.25, 0.3) is 0 Å². The van der Waals surface area contributed by atoms with E-state index in [0.29, 0.717) is 12.6 Å². The number of carbonyl (C=O) groups is 1. The highest BCUT2D eigenvalue weighted by Gasteiger charge is 2.28. The van der Waals surface area contributed by atoms with Crippen molar-refractivity contribution in [3.63, 3.8) is 0 Å². The molecule has 1 N–H and O–H groups in total. The molecule has 1 unspecified atom stereocenters. The molecule has 0 radical (unpaired) electrons. The van der Waals surface area contributed by atoms with Gasteiger partial charge in [-0.15, -0.1) is 0 Å². The maximum Gasteiger partial charge on any atom is 0.307 e. The standard InChI is InChI=1S/C12H19N3O2/c1-9(2)15-8-13-5-11(15)7-14-4-3-10(6-14)12(16)17/h5,8-10H,3-4,6-7H2,1-2H3,(H,16,17). The Hall–Kier alpha value is -1.36. The van der Waals surface area contributed by atoms with Crippen LogP contribution in [0.4, 0.5) is 0 Å². The average molecular weight is 237 g/mol. The number of nitrogens with zero attached hydrogens (tertiary/aromatic N) is 3. The lowest BCUT2D eigenvalue weighted by Crippen LogP contribution is -2.24. The third kappa shape index (κ3) is 2.66. The lowest BCUT2D eigenvalue weighted by Gasteiger charge is -2.18. The van der Waals surface area contributed by atoms with Crippen LogP contribution in [0.2, 0.25) is 0 Å². The average Bonchev–Trinajstić information content (AvgIpc) is 2.86. The SMILES string of the molecule is CC(C)n1cncc1CN1CCC(C(=O)O)C1. The van der Waals surface area contributed by atoms with Crippen LogP contribution in [-0.4, -0.2) is 38.6 Å². The molecule has 1 aliphatic heterocycles. The summed E-state index contributed by atoms with van der Waals surface area (Å²) in [5.41, 5.74) is 1.16. The minimum Gasteiger partial charge on any atom is -0.481 e. The van der Waals surface area contributed by atoms with Crippen molar-refractivity contribution < 1.29 is 9.90 Å². The normalized spacial score (nSPS) is 21.2. The number of hydrogen-bond acceptors (Lipinski definition) is 3. The maximum atomic E-state index is 10.9. The van der Waals surface area contributed by atoms with E-state index >= 15 is 0 Å². The number of likely N-dealkylation sites (tertiary alicyclic amines) is 1. The van der Waals surface area contributed by atoms with Crippen molar-refractivity contribution in [1.29, 1.82) is 0 Å². The summed E-state index contributed by atoms with van der Waals surface area (Å²) in [6.45, 7) is 6.55. The van der Waals surface area contributed by atoms with Crippen LogP contribution >= 0.6 is 0 Å². The van der Waals surface area contributed by atoms with Crippen molar-refractivity contribution in [2.45, 2.75) is 32.9 Å². The van der Waals surface area contributed by atoms with Gasteiger partial charge in [0.1, 0.15) is 0 Å². The number of aromatic nitrogens is 2. The zero-order valence-electron chi connectivity index (χ0n) is 10.3. The summed E-state index contributed by atoms with van der Waals surface area (Å²) < 4.78 is 2.13. The highest BCUT2D eigenvalue weighted by Crippen LogP contribution is 2.19. The first-order chi connectivity index (χ1) is 8.08. The van der Waals surface area contributed by atoms with E-state index in [2.05, 4.69) is 28.3 Å². The molecule has 0 amide bonds. The molecule has 1 saturated heterocycles. The minimum atomic E-state index is -0.676. The Labute approximate surface area is 101 Å². The number of imidazole rings is 1. The maximum absolute atomic E-state index is 10.9. The molecule has 1 atom stereocenters. The summed E-state index contributed by atoms with van der Waals surface area (Å²) >= 11 is 0. The third-order valence-corrected chi connectivity index (χ3v) is 3.31. The van der Waals surface area contributed by atoms with Gasteiger partial charge in [0.2, 0.25) is 0 Å². The highest BCUT2D eigenvalue weighted by atomic mass is 16.4. The molecule has 1 aliphatic rings. The van der Waals surface area contributed by atoms with Crippen molar-refractivity contribution in [2.75, 3.05) is 13.1 Å². The molecule has 1 aromatic heterocycles. The summed E-state index contributed by atoms with van der Waals surface area (Å²) in [6.07, 6.45) is 4.46. The fraction of sp³-hybridized carbons (Fsp3) is 0.667. The highest BCUT2D eigenvalue weighted by molar-refractivity contribution is 5.70. The van der Waals surface area contributed by atoms with Crippen molar-refractivity contribution in [2.24, 2.45) is 5.92 Å². The Morgan fingerprint density at radius 2 is 2.41 bits per heavy atom. The largest absolute Gasteiger partial charge is 0.481 e. The quantitative estimate of drug-likeness (QED) is 0.859. The van der Waals surface area contributed by atoms with E-state index in [1.807, 2.05) is 12.5 Å². The van der Waals surface area contributed by atoms with Gasteiger partial charge in [0.25, 0.3) is 0 Å². The Kier molecular flexibility index (Phi) is 3.47. The second-order valence-electron chi connectivity index (χ2n) is 4.94. The molecule has 0 aromatic carbocycles. The Morgan fingerprint density at radius 3 is 3.00 bits per heavy atom. The van der Waals surface area contributed by atoms with Gasteiger partial charge < -0.3 is 9.67 Å². The topological polar surface area (TPSA) is 58.4 Å². The van der Waals surface area contributed by atoms with E-state index in [-0.39, 0.29) is 5.92 Å². The molecule has 0 aliphatic carbocycles. The summed E-state index contributed by atoms with van der Waals surface area (Å²) in [5.74, 6) is -0.879. The molecule has 2 rings (SSSR count). The first-order valence-electron chi connectivity index (χ1n) is 6.03. The summed E-state index contributed by atoms with van der Waals surface area (Å²) in [7, 11) is 0. The van der Waals surface area contributed by atoms with Gasteiger partial charge >= 0.3 is 5.97 Å². The van der Waals surface area contributed by atoms with Crippen molar-refractivity contribution in [3.05, 3.63) is 18.2 Å². The number of hydrogen-bond donors (Lipinski definition) is 1. The van der Waals surface area contributed by atoms with Crippen LogP contribution in [0.15, 0.2) is 12.5 Å². The number of aliphatic carboxylic acids is 1. The van der Waals surface area contributed by atoms with Crippen LogP contribution in [0.3, 0.4) is 0 Å². The lowest BCUT2D eigenvalue weighted by atomic mass is 10.1. The summed E-state index contributed by atoms with van der Waals surface area (Å²) in [6, 6.07) is 0.394. The minimum absolute atomic E-state index is 0.203. The predicted molar refractivity (Wildman–Crippen MR) is 63.6 cm³/mol. The lowest BCUT2D eigenvalue weighted by molar-refractivity contribution is -0.141. The van der Waals surface area contributed by atoms with E-state index in [0.717, 1.165) is 25.2 Å². The van der Waals surface area contributed by atoms with Gasteiger partial charge in [-0.25, -0.2) is 4.98 Å². The van der Waals surface area contributed by atoms with Crippen molar-refractivity contribution in [1.82, 2.24) is 14.5 Å². The molecule has 17 heavy (non-hydrogen) atoms. The number of carboxylic acids is 1. The summed E-state index contributed by atoms with van der Waals surface area (Å²) in [5, 5.41) is 8.96. The molecule has 0 saturated carbocycles. The molecule has 0 bridgehead atoms. The monoisotopic (exact) mass is 237 g/mol. The van der Waals surface area contributed by atoms with Crippen LogP contribution in [-0.2, 0) is 11.3 Å². The molecule has 2 heterocycles. The third-order valence-electron chi connectivity index (χ3n) is 3.31. The van der Waals surface area contributed by atoms with E-state index in [4.69, 9.17) is 5.11 Å². The molecule has 1 aromatic rings. The summed E-state index contributed by atoms with van der Waals surface area (Å²) in [4.78, 5) is 17.2. The second kappa shape index (κ2) is 4.87. The van der Waals surface area contributed by atoms with E-state index in [9.17, 15) is 4.79 Å². The molecule has 5 nitrogen and oxygen atoms in total. The molecule has 1 fully saturated rings. The molecule has 94 valence electrons. The first-order valence-corrected chi connectivity index (χ1v) is 6.03. The van der Waals surface area contributed by atoms with Gasteiger partial charge in [0, 0.05) is 25.3 Å². The Morgan fingerprint density at radius 1 is 1.65 bits per heavy atom. The fourth-order valence-corrected chi connectivity index (χ4v) is 2.33. The van der Waals surface area contributed by atoms with Gasteiger partial charge in [-0.05, 0) is 26.8 Å². The van der Waals surface area contributed by atoms with Crippen LogP contribution in [0, 0.1) is 5.92 Å². The fourth-order valence-electron chi connectivity index (χ4n) is 2.33. The Balaban J connectivity index is 1.98. The van der Waals surface area contributed by atoms with Crippen molar-refractivity contribution >= 4 is 5.97 Å². The smallest absolute Gasteiger partial charge is 0.307 e. The van der Waals surface area contributed by atoms with E-state index < -0.39 is 5.97 Å². The molecule has 5 heteroatoms. The molecular weight excluding hydrogens is 218 g/mol. The molecular formula is C12H19N3O2. The van der Waals surface area contributed by atoms with Gasteiger partial charge in [0.15, 0.2) is 0 Å².